The fraction of sp³-hybridized carbons (Fsp3) is 0.222. The standard InChI is InChI=1S/C18H14F4N2O2/c19-13-4-6-14(7-5-13)24-9-8-15(17(24)26)23-16(25)11-2-1-3-12(10-11)18(20,21)22/h1-7,10,15H,8-9H2,(H,23,25)/t15-/m0/s1. The van der Waals surface area contributed by atoms with Gasteiger partial charge in [0.1, 0.15) is 11.9 Å². The largest absolute Gasteiger partial charge is 0.416 e. The van der Waals surface area contributed by atoms with E-state index in [0.29, 0.717) is 18.7 Å². The Kier molecular flexibility index (Phi) is 4.67. The second-order valence-corrected chi connectivity index (χ2v) is 5.86. The topological polar surface area (TPSA) is 49.4 Å². The number of amides is 2. The van der Waals surface area contributed by atoms with Crippen LogP contribution in [0.5, 0.6) is 0 Å². The monoisotopic (exact) mass is 366 g/mol. The fourth-order valence-corrected chi connectivity index (χ4v) is 2.77. The van der Waals surface area contributed by atoms with E-state index >= 15 is 0 Å². The van der Waals surface area contributed by atoms with E-state index in [1.54, 1.807) is 0 Å². The van der Waals surface area contributed by atoms with Crippen molar-refractivity contribution in [3.63, 3.8) is 0 Å². The Morgan fingerprint density at radius 3 is 2.46 bits per heavy atom. The lowest BCUT2D eigenvalue weighted by molar-refractivity contribution is -0.137. The number of halogens is 4. The first-order chi connectivity index (χ1) is 12.3. The van der Waals surface area contributed by atoms with Gasteiger partial charge in [0.05, 0.1) is 5.56 Å². The molecule has 0 aromatic heterocycles. The predicted molar refractivity (Wildman–Crippen MR) is 86.1 cm³/mol. The van der Waals surface area contributed by atoms with Crippen molar-refractivity contribution in [2.45, 2.75) is 18.6 Å². The maximum Gasteiger partial charge on any atom is 0.416 e. The van der Waals surface area contributed by atoms with Crippen LogP contribution in [-0.2, 0) is 11.0 Å². The number of alkyl halides is 3. The molecule has 1 atom stereocenters. The summed E-state index contributed by atoms with van der Waals surface area (Å²) in [5.74, 6) is -1.58. The van der Waals surface area contributed by atoms with Gasteiger partial charge in [0.2, 0.25) is 5.91 Å². The number of hydrogen-bond donors (Lipinski definition) is 1. The van der Waals surface area contributed by atoms with Crippen LogP contribution in [0.25, 0.3) is 0 Å². The minimum atomic E-state index is -4.56. The van der Waals surface area contributed by atoms with E-state index in [4.69, 9.17) is 0 Å². The lowest BCUT2D eigenvalue weighted by atomic mass is 10.1. The van der Waals surface area contributed by atoms with Gasteiger partial charge in [0.15, 0.2) is 0 Å². The summed E-state index contributed by atoms with van der Waals surface area (Å²) in [4.78, 5) is 26.0. The van der Waals surface area contributed by atoms with Gasteiger partial charge in [0, 0.05) is 17.8 Å². The van der Waals surface area contributed by atoms with Gasteiger partial charge in [-0.2, -0.15) is 13.2 Å². The number of carbonyl (C=O) groups is 2. The van der Waals surface area contributed by atoms with E-state index < -0.39 is 35.4 Å². The van der Waals surface area contributed by atoms with Gasteiger partial charge in [-0.05, 0) is 48.9 Å². The molecule has 0 unspecified atom stereocenters. The van der Waals surface area contributed by atoms with Crippen LogP contribution in [0.2, 0.25) is 0 Å². The number of hydrogen-bond acceptors (Lipinski definition) is 2. The zero-order chi connectivity index (χ0) is 18.9. The second-order valence-electron chi connectivity index (χ2n) is 5.86. The van der Waals surface area contributed by atoms with Crippen LogP contribution in [0, 0.1) is 5.82 Å². The second kappa shape index (κ2) is 6.78. The molecule has 0 spiro atoms. The van der Waals surface area contributed by atoms with Gasteiger partial charge in [-0.15, -0.1) is 0 Å². The molecule has 26 heavy (non-hydrogen) atoms. The highest BCUT2D eigenvalue weighted by Crippen LogP contribution is 2.29. The van der Waals surface area contributed by atoms with E-state index in [2.05, 4.69) is 5.32 Å². The zero-order valence-corrected chi connectivity index (χ0v) is 13.4. The van der Waals surface area contributed by atoms with E-state index in [-0.39, 0.29) is 5.56 Å². The van der Waals surface area contributed by atoms with E-state index in [1.807, 2.05) is 0 Å². The average molecular weight is 366 g/mol. The van der Waals surface area contributed by atoms with Crippen molar-refractivity contribution in [2.75, 3.05) is 11.4 Å². The Morgan fingerprint density at radius 1 is 1.12 bits per heavy atom. The normalized spacial score (nSPS) is 17.5. The van der Waals surface area contributed by atoms with Gasteiger partial charge < -0.3 is 10.2 Å². The highest BCUT2D eigenvalue weighted by Gasteiger charge is 2.35. The molecule has 0 aliphatic carbocycles. The molecule has 1 saturated heterocycles. The molecule has 0 saturated carbocycles. The van der Waals surface area contributed by atoms with E-state index in [0.717, 1.165) is 18.2 Å². The summed E-state index contributed by atoms with van der Waals surface area (Å²) in [6.07, 6.45) is -4.25. The summed E-state index contributed by atoms with van der Waals surface area (Å²) in [6.45, 7) is 0.317. The van der Waals surface area contributed by atoms with Crippen LogP contribution in [-0.4, -0.2) is 24.4 Å². The summed E-state index contributed by atoms with van der Waals surface area (Å²) in [5, 5.41) is 2.46. The van der Waals surface area contributed by atoms with Crippen molar-refractivity contribution >= 4 is 17.5 Å². The Morgan fingerprint density at radius 2 is 1.81 bits per heavy atom. The lowest BCUT2D eigenvalue weighted by Gasteiger charge is -2.17. The number of benzene rings is 2. The van der Waals surface area contributed by atoms with Crippen LogP contribution < -0.4 is 10.2 Å². The summed E-state index contributed by atoms with van der Waals surface area (Å²) in [5.41, 5.74) is -0.615. The number of nitrogens with zero attached hydrogens (tertiary/aromatic N) is 1. The first kappa shape index (κ1) is 17.9. The zero-order valence-electron chi connectivity index (χ0n) is 13.4. The Balaban J connectivity index is 1.71. The molecule has 0 radical (unpaired) electrons. The molecule has 1 N–H and O–H groups in total. The van der Waals surface area contributed by atoms with E-state index in [9.17, 15) is 27.2 Å². The van der Waals surface area contributed by atoms with Gasteiger partial charge in [-0.25, -0.2) is 4.39 Å². The molecule has 4 nitrogen and oxygen atoms in total. The van der Waals surface area contributed by atoms with Crippen LogP contribution in [0.1, 0.15) is 22.3 Å². The maximum atomic E-state index is 13.0. The van der Waals surface area contributed by atoms with Gasteiger partial charge in [-0.3, -0.25) is 9.59 Å². The van der Waals surface area contributed by atoms with Crippen molar-refractivity contribution in [3.05, 3.63) is 65.5 Å². The third-order valence-corrected chi connectivity index (χ3v) is 4.10. The average Bonchev–Trinajstić information content (AvgIpc) is 2.96. The highest BCUT2D eigenvalue weighted by molar-refractivity contribution is 6.03. The van der Waals surface area contributed by atoms with Crippen LogP contribution in [0.15, 0.2) is 48.5 Å². The summed E-state index contributed by atoms with van der Waals surface area (Å²) in [7, 11) is 0. The van der Waals surface area contributed by atoms with Gasteiger partial charge in [0.25, 0.3) is 5.91 Å². The molecule has 2 aromatic rings. The van der Waals surface area contributed by atoms with Crippen LogP contribution in [0.3, 0.4) is 0 Å². The van der Waals surface area contributed by atoms with Crippen molar-refractivity contribution in [1.82, 2.24) is 5.32 Å². The van der Waals surface area contributed by atoms with Crippen molar-refractivity contribution in [2.24, 2.45) is 0 Å². The molecule has 8 heteroatoms. The minimum absolute atomic E-state index is 0.173. The summed E-state index contributed by atoms with van der Waals surface area (Å²) >= 11 is 0. The maximum absolute atomic E-state index is 13.0. The summed E-state index contributed by atoms with van der Waals surface area (Å²) < 4.78 is 51.2. The fourth-order valence-electron chi connectivity index (χ4n) is 2.77. The Bertz CT molecular complexity index is 834. The number of rotatable bonds is 3. The minimum Gasteiger partial charge on any atom is -0.340 e. The third-order valence-electron chi connectivity index (χ3n) is 4.10. The Labute approximate surface area is 146 Å². The number of anilines is 1. The molecule has 0 bridgehead atoms. The molecular weight excluding hydrogens is 352 g/mol. The third kappa shape index (κ3) is 3.68. The molecule has 1 heterocycles. The van der Waals surface area contributed by atoms with Crippen molar-refractivity contribution in [3.8, 4) is 0 Å². The first-order valence-corrected chi connectivity index (χ1v) is 7.81. The molecule has 3 rings (SSSR count). The SMILES string of the molecule is O=C(N[C@H]1CCN(c2ccc(F)cc2)C1=O)c1cccc(C(F)(F)F)c1. The molecular formula is C18H14F4N2O2. The molecule has 1 aliphatic rings. The Hall–Kier alpha value is -2.90. The smallest absolute Gasteiger partial charge is 0.340 e. The van der Waals surface area contributed by atoms with Crippen molar-refractivity contribution in [1.29, 1.82) is 0 Å². The van der Waals surface area contributed by atoms with Crippen molar-refractivity contribution < 1.29 is 27.2 Å². The molecule has 1 aliphatic heterocycles. The first-order valence-electron chi connectivity index (χ1n) is 7.81. The van der Waals surface area contributed by atoms with Crippen LogP contribution in [0.4, 0.5) is 23.2 Å². The molecule has 1 fully saturated rings. The van der Waals surface area contributed by atoms with Gasteiger partial charge >= 0.3 is 6.18 Å². The summed E-state index contributed by atoms with van der Waals surface area (Å²) in [6, 6.07) is 8.49. The predicted octanol–water partition coefficient (Wildman–Crippen LogP) is 3.38. The lowest BCUT2D eigenvalue weighted by Crippen LogP contribution is -2.41. The number of nitrogens with one attached hydrogen (secondary N) is 1. The molecule has 136 valence electrons. The van der Waals surface area contributed by atoms with E-state index in [1.165, 1.54) is 35.2 Å². The molecule has 2 aromatic carbocycles. The van der Waals surface area contributed by atoms with Crippen LogP contribution >= 0.6 is 0 Å². The number of carbonyl (C=O) groups excluding carboxylic acids is 2. The molecule has 2 amide bonds. The van der Waals surface area contributed by atoms with Gasteiger partial charge in [-0.1, -0.05) is 6.07 Å². The quantitative estimate of drug-likeness (QED) is 0.847. The highest BCUT2D eigenvalue weighted by atomic mass is 19.4.